The highest BCUT2D eigenvalue weighted by Gasteiger charge is 2.40. The third-order valence-corrected chi connectivity index (χ3v) is 3.47. The first-order valence-corrected chi connectivity index (χ1v) is 6.90. The predicted molar refractivity (Wildman–Crippen MR) is 73.3 cm³/mol. The van der Waals surface area contributed by atoms with Gasteiger partial charge in [-0.2, -0.15) is 0 Å². The van der Waals surface area contributed by atoms with Gasteiger partial charge < -0.3 is 20.6 Å². The monoisotopic (exact) mass is 285 g/mol. The van der Waals surface area contributed by atoms with Gasteiger partial charge in [-0.25, -0.2) is 4.79 Å². The van der Waals surface area contributed by atoms with Gasteiger partial charge >= 0.3 is 12.0 Å². The summed E-state index contributed by atoms with van der Waals surface area (Å²) in [6, 6.07) is -0.405. The molecule has 1 fully saturated rings. The summed E-state index contributed by atoms with van der Waals surface area (Å²) in [5.41, 5.74) is -0.642. The largest absolute Gasteiger partial charge is 0.481 e. The molecule has 0 aromatic carbocycles. The Morgan fingerprint density at radius 2 is 1.95 bits per heavy atom. The molecule has 0 aromatic heterocycles. The van der Waals surface area contributed by atoms with Crippen molar-refractivity contribution in [2.45, 2.75) is 44.6 Å². The van der Waals surface area contributed by atoms with Crippen LogP contribution in [-0.2, 0) is 9.59 Å². The number of urea groups is 1. The van der Waals surface area contributed by atoms with Gasteiger partial charge in [0.15, 0.2) is 0 Å². The molecule has 0 aromatic rings. The molecule has 1 saturated carbocycles. The van der Waals surface area contributed by atoms with Crippen molar-refractivity contribution >= 4 is 17.9 Å². The third kappa shape index (κ3) is 4.71. The first-order valence-electron chi connectivity index (χ1n) is 6.90. The lowest BCUT2D eigenvalue weighted by molar-refractivity contribution is -0.139. The van der Waals surface area contributed by atoms with E-state index in [1.165, 1.54) is 11.9 Å². The van der Waals surface area contributed by atoms with Crippen LogP contribution in [0.4, 0.5) is 4.79 Å². The van der Waals surface area contributed by atoms with Crippen molar-refractivity contribution in [2.75, 3.05) is 20.1 Å². The van der Waals surface area contributed by atoms with Gasteiger partial charge in [0.05, 0.1) is 12.0 Å². The molecule has 7 heteroatoms. The first kappa shape index (κ1) is 16.3. The van der Waals surface area contributed by atoms with E-state index in [0.717, 1.165) is 12.8 Å². The van der Waals surface area contributed by atoms with Gasteiger partial charge in [-0.05, 0) is 25.7 Å². The van der Waals surface area contributed by atoms with Crippen LogP contribution in [0.1, 0.15) is 39.0 Å². The molecule has 3 amide bonds. The number of nitrogens with zero attached hydrogens (tertiary/aromatic N) is 1. The Kier molecular flexibility index (Phi) is 5.79. The SMILES string of the molecule is CCCNC(=O)CN(C)C(=O)NC1(CC(=O)O)CCC1. The highest BCUT2D eigenvalue weighted by atomic mass is 16.4. The average Bonchev–Trinajstić information content (AvgIpc) is 2.32. The Bertz CT molecular complexity index is 380. The maximum absolute atomic E-state index is 12.0. The summed E-state index contributed by atoms with van der Waals surface area (Å²) in [5, 5.41) is 14.3. The van der Waals surface area contributed by atoms with Crippen molar-refractivity contribution in [3.63, 3.8) is 0 Å². The van der Waals surface area contributed by atoms with E-state index in [9.17, 15) is 14.4 Å². The van der Waals surface area contributed by atoms with Crippen LogP contribution in [0.5, 0.6) is 0 Å². The topological polar surface area (TPSA) is 98.7 Å². The highest BCUT2D eigenvalue weighted by molar-refractivity contribution is 5.84. The number of carboxylic acids is 1. The number of rotatable bonds is 7. The van der Waals surface area contributed by atoms with E-state index in [-0.39, 0.29) is 18.9 Å². The van der Waals surface area contributed by atoms with Gasteiger partial charge in [0.25, 0.3) is 0 Å². The molecule has 20 heavy (non-hydrogen) atoms. The summed E-state index contributed by atoms with van der Waals surface area (Å²) in [6.07, 6.45) is 3.01. The van der Waals surface area contributed by atoms with E-state index < -0.39 is 17.5 Å². The summed E-state index contributed by atoms with van der Waals surface area (Å²) < 4.78 is 0. The standard InChI is InChI=1S/C13H23N3O4/c1-3-7-14-10(17)9-16(2)12(20)15-13(5-4-6-13)8-11(18)19/h3-9H2,1-2H3,(H,14,17)(H,15,20)(H,18,19). The van der Waals surface area contributed by atoms with E-state index in [1.807, 2.05) is 6.92 Å². The normalized spacial score (nSPS) is 15.9. The summed E-state index contributed by atoms with van der Waals surface area (Å²) >= 11 is 0. The van der Waals surface area contributed by atoms with Crippen molar-refractivity contribution in [2.24, 2.45) is 0 Å². The molecule has 0 saturated heterocycles. The van der Waals surface area contributed by atoms with Crippen LogP contribution in [0.2, 0.25) is 0 Å². The second kappa shape index (κ2) is 7.12. The second-order valence-electron chi connectivity index (χ2n) is 5.34. The van der Waals surface area contributed by atoms with Crippen molar-refractivity contribution in [1.82, 2.24) is 15.5 Å². The number of carbonyl (C=O) groups excluding carboxylic acids is 2. The van der Waals surface area contributed by atoms with E-state index in [4.69, 9.17) is 5.11 Å². The molecule has 114 valence electrons. The Labute approximate surface area is 118 Å². The van der Waals surface area contributed by atoms with Crippen LogP contribution in [0.15, 0.2) is 0 Å². The number of carboxylic acid groups (broad SMARTS) is 1. The van der Waals surface area contributed by atoms with Gasteiger partial charge in [0.2, 0.25) is 5.91 Å². The van der Waals surface area contributed by atoms with E-state index >= 15 is 0 Å². The second-order valence-corrected chi connectivity index (χ2v) is 5.34. The number of hydrogen-bond acceptors (Lipinski definition) is 3. The number of aliphatic carboxylic acids is 1. The molecule has 0 radical (unpaired) electrons. The molecule has 0 atom stereocenters. The van der Waals surface area contributed by atoms with Gasteiger partial charge in [0, 0.05) is 13.6 Å². The molecular formula is C13H23N3O4. The zero-order chi connectivity index (χ0) is 15.2. The molecule has 0 heterocycles. The molecule has 0 unspecified atom stereocenters. The zero-order valence-corrected chi connectivity index (χ0v) is 12.1. The van der Waals surface area contributed by atoms with E-state index in [2.05, 4.69) is 10.6 Å². The quantitative estimate of drug-likeness (QED) is 0.636. The average molecular weight is 285 g/mol. The lowest BCUT2D eigenvalue weighted by Gasteiger charge is -2.42. The van der Waals surface area contributed by atoms with Crippen LogP contribution in [-0.4, -0.2) is 53.6 Å². The molecule has 1 aliphatic carbocycles. The van der Waals surface area contributed by atoms with Crippen molar-refractivity contribution in [3.05, 3.63) is 0 Å². The number of likely N-dealkylation sites (N-methyl/N-ethyl adjacent to an activating group) is 1. The Balaban J connectivity index is 2.44. The lowest BCUT2D eigenvalue weighted by atomic mass is 9.74. The minimum atomic E-state index is -0.923. The molecule has 0 spiro atoms. The summed E-state index contributed by atoms with van der Waals surface area (Å²) in [5.74, 6) is -1.14. The van der Waals surface area contributed by atoms with Crippen LogP contribution in [0.3, 0.4) is 0 Å². The Morgan fingerprint density at radius 1 is 1.30 bits per heavy atom. The number of amides is 3. The minimum absolute atomic E-state index is 0.0328. The predicted octanol–water partition coefficient (Wildman–Crippen LogP) is 0.551. The smallest absolute Gasteiger partial charge is 0.318 e. The molecular weight excluding hydrogens is 262 g/mol. The maximum Gasteiger partial charge on any atom is 0.318 e. The molecule has 7 nitrogen and oxygen atoms in total. The molecule has 0 aliphatic heterocycles. The van der Waals surface area contributed by atoms with Gasteiger partial charge in [-0.15, -0.1) is 0 Å². The van der Waals surface area contributed by atoms with Crippen molar-refractivity contribution in [1.29, 1.82) is 0 Å². The summed E-state index contributed by atoms with van der Waals surface area (Å²) in [4.78, 5) is 35.6. The number of nitrogens with one attached hydrogen (secondary N) is 2. The molecule has 1 aliphatic rings. The van der Waals surface area contributed by atoms with Gasteiger partial charge in [-0.3, -0.25) is 9.59 Å². The fourth-order valence-electron chi connectivity index (χ4n) is 2.17. The minimum Gasteiger partial charge on any atom is -0.481 e. The van der Waals surface area contributed by atoms with Crippen LogP contribution in [0, 0.1) is 0 Å². The molecule has 0 bridgehead atoms. The Morgan fingerprint density at radius 3 is 2.40 bits per heavy atom. The van der Waals surface area contributed by atoms with Crippen LogP contribution >= 0.6 is 0 Å². The maximum atomic E-state index is 12.0. The zero-order valence-electron chi connectivity index (χ0n) is 12.1. The highest BCUT2D eigenvalue weighted by Crippen LogP contribution is 2.34. The molecule has 1 rings (SSSR count). The first-order chi connectivity index (χ1) is 9.38. The Hall–Kier alpha value is -1.79. The molecule has 3 N–H and O–H groups in total. The van der Waals surface area contributed by atoms with Crippen LogP contribution < -0.4 is 10.6 Å². The fraction of sp³-hybridized carbons (Fsp3) is 0.769. The number of hydrogen-bond donors (Lipinski definition) is 3. The van der Waals surface area contributed by atoms with Crippen molar-refractivity contribution in [3.8, 4) is 0 Å². The summed E-state index contributed by atoms with van der Waals surface area (Å²) in [6.45, 7) is 2.50. The lowest BCUT2D eigenvalue weighted by Crippen LogP contribution is -2.58. The fourth-order valence-corrected chi connectivity index (χ4v) is 2.17. The van der Waals surface area contributed by atoms with E-state index in [1.54, 1.807) is 0 Å². The van der Waals surface area contributed by atoms with Crippen molar-refractivity contribution < 1.29 is 19.5 Å². The van der Waals surface area contributed by atoms with Gasteiger partial charge in [0.1, 0.15) is 6.54 Å². The number of carbonyl (C=O) groups is 3. The summed E-state index contributed by atoms with van der Waals surface area (Å²) in [7, 11) is 1.52. The third-order valence-electron chi connectivity index (χ3n) is 3.47. The van der Waals surface area contributed by atoms with E-state index in [0.29, 0.717) is 19.4 Å². The van der Waals surface area contributed by atoms with Gasteiger partial charge in [-0.1, -0.05) is 6.92 Å². The van der Waals surface area contributed by atoms with Crippen LogP contribution in [0.25, 0.3) is 0 Å².